The lowest BCUT2D eigenvalue weighted by Gasteiger charge is -2.14. The summed E-state index contributed by atoms with van der Waals surface area (Å²) in [5.74, 6) is -0.0955. The number of ether oxygens (including phenoxy) is 1. The van der Waals surface area contributed by atoms with Crippen LogP contribution < -0.4 is 16.0 Å². The molecule has 6 heteroatoms. The third-order valence-corrected chi connectivity index (χ3v) is 4.24. The molecule has 1 aliphatic heterocycles. The van der Waals surface area contributed by atoms with Crippen molar-refractivity contribution >= 4 is 17.6 Å². The summed E-state index contributed by atoms with van der Waals surface area (Å²) in [6.45, 7) is 7.15. The summed E-state index contributed by atoms with van der Waals surface area (Å²) in [7, 11) is 0. The van der Waals surface area contributed by atoms with Crippen molar-refractivity contribution in [1.82, 2.24) is 10.6 Å². The van der Waals surface area contributed by atoms with Crippen molar-refractivity contribution in [3.63, 3.8) is 0 Å². The molecule has 0 saturated carbocycles. The Bertz CT molecular complexity index is 583. The van der Waals surface area contributed by atoms with Gasteiger partial charge in [-0.25, -0.2) is 4.79 Å². The average molecular weight is 333 g/mol. The summed E-state index contributed by atoms with van der Waals surface area (Å²) >= 11 is 0. The minimum Gasteiger partial charge on any atom is -0.376 e. The van der Waals surface area contributed by atoms with Crippen LogP contribution in [0.5, 0.6) is 0 Å². The van der Waals surface area contributed by atoms with E-state index in [1.54, 1.807) is 18.2 Å². The highest BCUT2D eigenvalue weighted by Crippen LogP contribution is 2.17. The number of hydrogen-bond donors (Lipinski definition) is 3. The fourth-order valence-corrected chi connectivity index (χ4v) is 2.53. The maximum Gasteiger partial charge on any atom is 0.319 e. The first-order chi connectivity index (χ1) is 11.5. The molecule has 0 unspecified atom stereocenters. The molecular formula is C18H27N3O3. The van der Waals surface area contributed by atoms with Crippen molar-refractivity contribution in [2.24, 2.45) is 0 Å². The van der Waals surface area contributed by atoms with Gasteiger partial charge in [0.15, 0.2) is 0 Å². The van der Waals surface area contributed by atoms with Crippen LogP contribution in [0.4, 0.5) is 10.5 Å². The van der Waals surface area contributed by atoms with Crippen LogP contribution in [0.3, 0.4) is 0 Å². The van der Waals surface area contributed by atoms with Gasteiger partial charge >= 0.3 is 6.03 Å². The van der Waals surface area contributed by atoms with E-state index >= 15 is 0 Å². The number of carbonyl (C=O) groups excluding carboxylic acids is 2. The van der Waals surface area contributed by atoms with Crippen molar-refractivity contribution in [2.45, 2.75) is 52.2 Å². The van der Waals surface area contributed by atoms with E-state index in [-0.39, 0.29) is 24.1 Å². The van der Waals surface area contributed by atoms with Gasteiger partial charge in [0, 0.05) is 30.4 Å². The SMILES string of the molecule is CC[C@@H](C)NC(=O)c1ccc(NC(=O)NC[C@H]2CCCO2)c(C)c1. The van der Waals surface area contributed by atoms with Crippen LogP contribution in [0.15, 0.2) is 18.2 Å². The second-order valence-electron chi connectivity index (χ2n) is 6.28. The molecule has 0 radical (unpaired) electrons. The van der Waals surface area contributed by atoms with Crippen LogP contribution in [0, 0.1) is 6.92 Å². The first kappa shape index (κ1) is 18.3. The molecule has 0 aromatic heterocycles. The van der Waals surface area contributed by atoms with E-state index in [0.29, 0.717) is 17.8 Å². The number of nitrogens with one attached hydrogen (secondary N) is 3. The topological polar surface area (TPSA) is 79.5 Å². The zero-order valence-electron chi connectivity index (χ0n) is 14.6. The molecule has 3 amide bonds. The molecular weight excluding hydrogens is 306 g/mol. The van der Waals surface area contributed by atoms with Gasteiger partial charge < -0.3 is 20.7 Å². The molecule has 1 aliphatic rings. The molecule has 1 saturated heterocycles. The second kappa shape index (κ2) is 8.68. The van der Waals surface area contributed by atoms with Gasteiger partial charge in [0.05, 0.1) is 6.10 Å². The monoisotopic (exact) mass is 333 g/mol. The Morgan fingerprint density at radius 2 is 2.17 bits per heavy atom. The first-order valence-corrected chi connectivity index (χ1v) is 8.57. The lowest BCUT2D eigenvalue weighted by molar-refractivity contribution is 0.0939. The molecule has 1 fully saturated rings. The van der Waals surface area contributed by atoms with Crippen LogP contribution in [-0.4, -0.2) is 37.2 Å². The van der Waals surface area contributed by atoms with Crippen molar-refractivity contribution in [3.8, 4) is 0 Å². The summed E-state index contributed by atoms with van der Waals surface area (Å²) in [5, 5.41) is 8.56. The van der Waals surface area contributed by atoms with Gasteiger partial charge in [0.25, 0.3) is 5.91 Å². The van der Waals surface area contributed by atoms with Gasteiger partial charge in [-0.05, 0) is 56.9 Å². The first-order valence-electron chi connectivity index (χ1n) is 8.57. The van der Waals surface area contributed by atoms with Gasteiger partial charge in [-0.2, -0.15) is 0 Å². The smallest absolute Gasteiger partial charge is 0.319 e. The van der Waals surface area contributed by atoms with Gasteiger partial charge in [0.2, 0.25) is 0 Å². The van der Waals surface area contributed by atoms with Crippen molar-refractivity contribution in [1.29, 1.82) is 0 Å². The maximum absolute atomic E-state index is 12.1. The Labute approximate surface area is 143 Å². The minimum absolute atomic E-state index is 0.0955. The van der Waals surface area contributed by atoms with Crippen LogP contribution >= 0.6 is 0 Å². The van der Waals surface area contributed by atoms with Crippen LogP contribution in [0.1, 0.15) is 49.0 Å². The van der Waals surface area contributed by atoms with E-state index in [0.717, 1.165) is 31.4 Å². The predicted octanol–water partition coefficient (Wildman–Crippen LogP) is 2.82. The Morgan fingerprint density at radius 1 is 1.38 bits per heavy atom. The van der Waals surface area contributed by atoms with E-state index in [1.807, 2.05) is 20.8 Å². The van der Waals surface area contributed by atoms with Crippen LogP contribution in [0.25, 0.3) is 0 Å². The Balaban J connectivity index is 1.89. The van der Waals surface area contributed by atoms with Crippen molar-refractivity contribution < 1.29 is 14.3 Å². The standard InChI is InChI=1S/C18H27N3O3/c1-4-13(3)20-17(22)14-7-8-16(12(2)10-14)21-18(23)19-11-15-6-5-9-24-15/h7-8,10,13,15H,4-6,9,11H2,1-3H3,(H,20,22)(H2,19,21,23)/t13-,15-/m1/s1. The number of carbonyl (C=O) groups is 2. The highest BCUT2D eigenvalue weighted by atomic mass is 16.5. The summed E-state index contributed by atoms with van der Waals surface area (Å²) in [5.41, 5.74) is 2.14. The largest absolute Gasteiger partial charge is 0.376 e. The van der Waals surface area contributed by atoms with E-state index in [1.165, 1.54) is 0 Å². The van der Waals surface area contributed by atoms with E-state index < -0.39 is 0 Å². The Kier molecular flexibility index (Phi) is 6.61. The zero-order valence-corrected chi connectivity index (χ0v) is 14.6. The van der Waals surface area contributed by atoms with Gasteiger partial charge in [-0.1, -0.05) is 6.92 Å². The van der Waals surface area contributed by atoms with E-state index in [9.17, 15) is 9.59 Å². The molecule has 132 valence electrons. The molecule has 1 aromatic rings. The van der Waals surface area contributed by atoms with Gasteiger partial charge in [-0.15, -0.1) is 0 Å². The van der Waals surface area contributed by atoms with Gasteiger partial charge in [0.1, 0.15) is 0 Å². The molecule has 2 rings (SSSR count). The van der Waals surface area contributed by atoms with Crippen LogP contribution in [-0.2, 0) is 4.74 Å². The predicted molar refractivity (Wildman–Crippen MR) is 94.4 cm³/mol. The lowest BCUT2D eigenvalue weighted by Crippen LogP contribution is -2.35. The lowest BCUT2D eigenvalue weighted by atomic mass is 10.1. The minimum atomic E-state index is -0.259. The molecule has 6 nitrogen and oxygen atoms in total. The molecule has 3 N–H and O–H groups in total. The molecule has 0 spiro atoms. The highest BCUT2D eigenvalue weighted by molar-refractivity contribution is 5.96. The molecule has 2 atom stereocenters. The molecule has 1 heterocycles. The number of aryl methyl sites for hydroxylation is 1. The maximum atomic E-state index is 12.1. The number of anilines is 1. The summed E-state index contributed by atoms with van der Waals surface area (Å²) in [4.78, 5) is 24.1. The average Bonchev–Trinajstić information content (AvgIpc) is 3.08. The van der Waals surface area contributed by atoms with Crippen molar-refractivity contribution in [3.05, 3.63) is 29.3 Å². The fraction of sp³-hybridized carbons (Fsp3) is 0.556. The molecule has 24 heavy (non-hydrogen) atoms. The quantitative estimate of drug-likeness (QED) is 0.749. The van der Waals surface area contributed by atoms with Crippen molar-refractivity contribution in [2.75, 3.05) is 18.5 Å². The third-order valence-electron chi connectivity index (χ3n) is 4.24. The second-order valence-corrected chi connectivity index (χ2v) is 6.28. The number of benzene rings is 1. The van der Waals surface area contributed by atoms with Crippen LogP contribution in [0.2, 0.25) is 0 Å². The highest BCUT2D eigenvalue weighted by Gasteiger charge is 2.16. The molecule has 0 aliphatic carbocycles. The normalized spacial score (nSPS) is 18.0. The summed E-state index contributed by atoms with van der Waals surface area (Å²) in [6, 6.07) is 5.14. The molecule has 1 aromatic carbocycles. The summed E-state index contributed by atoms with van der Waals surface area (Å²) in [6.07, 6.45) is 3.03. The van der Waals surface area contributed by atoms with E-state index in [2.05, 4.69) is 16.0 Å². The third kappa shape index (κ3) is 5.23. The Morgan fingerprint density at radius 3 is 2.79 bits per heavy atom. The zero-order chi connectivity index (χ0) is 17.5. The number of urea groups is 1. The fourth-order valence-electron chi connectivity index (χ4n) is 2.53. The molecule has 0 bridgehead atoms. The summed E-state index contributed by atoms with van der Waals surface area (Å²) < 4.78 is 5.47. The Hall–Kier alpha value is -2.08. The number of hydrogen-bond acceptors (Lipinski definition) is 3. The number of amides is 3. The van der Waals surface area contributed by atoms with E-state index in [4.69, 9.17) is 4.74 Å². The number of rotatable bonds is 6. The van der Waals surface area contributed by atoms with Gasteiger partial charge in [-0.3, -0.25) is 4.79 Å².